The third-order valence-corrected chi connectivity index (χ3v) is 5.38. The van der Waals surface area contributed by atoms with Gasteiger partial charge in [0.15, 0.2) is 0 Å². The molecule has 1 fully saturated rings. The molecule has 1 aliphatic rings. The number of nitrogens with zero attached hydrogens (tertiary/aromatic N) is 4. The van der Waals surface area contributed by atoms with Crippen LogP contribution in [-0.4, -0.2) is 47.6 Å². The predicted octanol–water partition coefficient (Wildman–Crippen LogP) is 4.20. The number of hydrogen-bond donors (Lipinski definition) is 1. The van der Waals surface area contributed by atoms with Gasteiger partial charge in [0.05, 0.1) is 5.52 Å². The van der Waals surface area contributed by atoms with Crippen LogP contribution >= 0.6 is 11.6 Å². The topological polar surface area (TPSA) is 44.3 Å². The Hall–Kier alpha value is -2.63. The van der Waals surface area contributed by atoms with Crippen LogP contribution in [-0.2, 0) is 6.54 Å². The smallest absolute Gasteiger partial charge is 0.227 e. The van der Waals surface area contributed by atoms with E-state index < -0.39 is 0 Å². The van der Waals surface area contributed by atoms with Gasteiger partial charge in [0.1, 0.15) is 5.82 Å². The van der Waals surface area contributed by atoms with Crippen molar-refractivity contribution in [3.8, 4) is 0 Å². The third kappa shape index (κ3) is 4.11. The van der Waals surface area contributed by atoms with Crippen LogP contribution < -0.4 is 10.2 Å². The summed E-state index contributed by atoms with van der Waals surface area (Å²) in [4.78, 5) is 14.3. The highest BCUT2D eigenvalue weighted by molar-refractivity contribution is 6.31. The fraction of sp³-hybridized carbons (Fsp3) is 0.273. The largest absolute Gasteiger partial charge is 0.366 e. The summed E-state index contributed by atoms with van der Waals surface area (Å²) < 4.78 is 0. The van der Waals surface area contributed by atoms with Gasteiger partial charge < -0.3 is 10.2 Å². The van der Waals surface area contributed by atoms with Gasteiger partial charge in [-0.25, -0.2) is 4.98 Å². The first-order chi connectivity index (χ1) is 13.7. The molecule has 0 unspecified atom stereocenters. The molecule has 0 spiro atoms. The van der Waals surface area contributed by atoms with Crippen molar-refractivity contribution in [1.29, 1.82) is 0 Å². The summed E-state index contributed by atoms with van der Waals surface area (Å²) in [6.45, 7) is 9.03. The van der Waals surface area contributed by atoms with Crippen molar-refractivity contribution >= 4 is 34.3 Å². The van der Waals surface area contributed by atoms with Crippen LogP contribution in [0.1, 0.15) is 5.56 Å². The number of fused-ring (bicyclic) bond motifs is 1. The van der Waals surface area contributed by atoms with E-state index in [4.69, 9.17) is 21.6 Å². The van der Waals surface area contributed by atoms with Gasteiger partial charge in [-0.2, -0.15) is 4.98 Å². The highest BCUT2D eigenvalue weighted by Gasteiger charge is 2.21. The maximum absolute atomic E-state index is 6.31. The second-order valence-corrected chi connectivity index (χ2v) is 7.32. The van der Waals surface area contributed by atoms with E-state index in [2.05, 4.69) is 27.8 Å². The van der Waals surface area contributed by atoms with Gasteiger partial charge in [0.2, 0.25) is 5.95 Å². The molecule has 0 amide bonds. The highest BCUT2D eigenvalue weighted by atomic mass is 35.5. The van der Waals surface area contributed by atoms with Gasteiger partial charge in [-0.05, 0) is 23.8 Å². The van der Waals surface area contributed by atoms with E-state index in [-0.39, 0.29) is 0 Å². The molecule has 3 aromatic rings. The fourth-order valence-corrected chi connectivity index (χ4v) is 3.68. The first kappa shape index (κ1) is 18.7. The normalized spacial score (nSPS) is 15.0. The SMILES string of the molecule is C=CCNc1nc(N2CCN(Cc3ccccc3Cl)CC2)nc2ccccc12. The molecule has 0 bridgehead atoms. The second-order valence-electron chi connectivity index (χ2n) is 6.91. The van der Waals surface area contributed by atoms with Crippen LogP contribution in [0.5, 0.6) is 0 Å². The molecular weight excluding hydrogens is 370 g/mol. The summed E-state index contributed by atoms with van der Waals surface area (Å²) in [5.41, 5.74) is 2.13. The Bertz CT molecular complexity index is 966. The van der Waals surface area contributed by atoms with E-state index in [1.165, 1.54) is 5.56 Å². The molecule has 0 atom stereocenters. The molecule has 2 aromatic carbocycles. The third-order valence-electron chi connectivity index (χ3n) is 5.01. The Morgan fingerprint density at radius 3 is 2.54 bits per heavy atom. The van der Waals surface area contributed by atoms with E-state index in [9.17, 15) is 0 Å². The molecule has 0 saturated carbocycles. The maximum atomic E-state index is 6.31. The van der Waals surface area contributed by atoms with Crippen LogP contribution in [0.4, 0.5) is 11.8 Å². The standard InChI is InChI=1S/C22H24ClN5/c1-2-11-24-21-18-8-4-6-10-20(18)25-22(26-21)28-14-12-27(13-15-28)16-17-7-3-5-9-19(17)23/h2-10H,1,11-16H2,(H,24,25,26). The number of para-hydroxylation sites is 1. The lowest BCUT2D eigenvalue weighted by Crippen LogP contribution is -2.46. The van der Waals surface area contributed by atoms with Gasteiger partial charge in [0.25, 0.3) is 0 Å². The molecule has 1 N–H and O–H groups in total. The zero-order valence-electron chi connectivity index (χ0n) is 15.8. The van der Waals surface area contributed by atoms with Gasteiger partial charge in [-0.15, -0.1) is 6.58 Å². The Balaban J connectivity index is 1.49. The molecule has 28 heavy (non-hydrogen) atoms. The number of nitrogens with one attached hydrogen (secondary N) is 1. The average molecular weight is 394 g/mol. The van der Waals surface area contributed by atoms with Crippen molar-refractivity contribution in [3.63, 3.8) is 0 Å². The lowest BCUT2D eigenvalue weighted by molar-refractivity contribution is 0.249. The minimum absolute atomic E-state index is 0.673. The Kier molecular flexibility index (Phi) is 5.74. The fourth-order valence-electron chi connectivity index (χ4n) is 3.48. The molecule has 1 aliphatic heterocycles. The van der Waals surface area contributed by atoms with Crippen molar-refractivity contribution in [2.75, 3.05) is 42.9 Å². The molecule has 2 heterocycles. The minimum atomic E-state index is 0.673. The second kappa shape index (κ2) is 8.59. The summed E-state index contributed by atoms with van der Waals surface area (Å²) in [5.74, 6) is 1.64. The molecule has 1 saturated heterocycles. The molecule has 4 rings (SSSR count). The molecular formula is C22H24ClN5. The molecule has 0 radical (unpaired) electrons. The molecule has 6 heteroatoms. The number of rotatable bonds is 6. The number of halogens is 1. The van der Waals surface area contributed by atoms with Gasteiger partial charge in [-0.3, -0.25) is 4.90 Å². The summed E-state index contributed by atoms with van der Waals surface area (Å²) in [5, 5.41) is 5.21. The van der Waals surface area contributed by atoms with E-state index >= 15 is 0 Å². The zero-order valence-corrected chi connectivity index (χ0v) is 16.6. The number of benzene rings is 2. The van der Waals surface area contributed by atoms with Crippen LogP contribution in [0.2, 0.25) is 5.02 Å². The van der Waals surface area contributed by atoms with E-state index in [0.717, 1.165) is 60.4 Å². The summed E-state index contributed by atoms with van der Waals surface area (Å²) in [6.07, 6.45) is 1.84. The van der Waals surface area contributed by atoms with E-state index in [1.807, 2.05) is 48.5 Å². The highest BCUT2D eigenvalue weighted by Crippen LogP contribution is 2.24. The Morgan fingerprint density at radius 1 is 1.00 bits per heavy atom. The number of aromatic nitrogens is 2. The maximum Gasteiger partial charge on any atom is 0.227 e. The average Bonchev–Trinajstić information content (AvgIpc) is 2.74. The first-order valence-corrected chi connectivity index (χ1v) is 9.94. The number of hydrogen-bond acceptors (Lipinski definition) is 5. The van der Waals surface area contributed by atoms with Gasteiger partial charge >= 0.3 is 0 Å². The predicted molar refractivity (Wildman–Crippen MR) is 117 cm³/mol. The first-order valence-electron chi connectivity index (χ1n) is 9.57. The van der Waals surface area contributed by atoms with Crippen LogP contribution in [0.3, 0.4) is 0 Å². The number of anilines is 2. The molecule has 0 aliphatic carbocycles. The summed E-state index contributed by atoms with van der Waals surface area (Å²) in [6, 6.07) is 16.2. The lowest BCUT2D eigenvalue weighted by Gasteiger charge is -2.35. The molecule has 5 nitrogen and oxygen atoms in total. The Morgan fingerprint density at radius 2 is 1.75 bits per heavy atom. The molecule has 1 aromatic heterocycles. The minimum Gasteiger partial charge on any atom is -0.366 e. The van der Waals surface area contributed by atoms with Crippen LogP contribution in [0.25, 0.3) is 10.9 Å². The Labute approximate surface area is 170 Å². The van der Waals surface area contributed by atoms with E-state index in [1.54, 1.807) is 0 Å². The van der Waals surface area contributed by atoms with Crippen molar-refractivity contribution in [3.05, 3.63) is 71.8 Å². The van der Waals surface area contributed by atoms with Crippen molar-refractivity contribution in [1.82, 2.24) is 14.9 Å². The quantitative estimate of drug-likeness (QED) is 0.636. The van der Waals surface area contributed by atoms with Gasteiger partial charge in [-0.1, -0.05) is 48.0 Å². The summed E-state index contributed by atoms with van der Waals surface area (Å²) >= 11 is 6.31. The van der Waals surface area contributed by atoms with E-state index in [0.29, 0.717) is 6.54 Å². The van der Waals surface area contributed by atoms with Crippen molar-refractivity contribution < 1.29 is 0 Å². The zero-order chi connectivity index (χ0) is 19.3. The van der Waals surface area contributed by atoms with Crippen LogP contribution in [0.15, 0.2) is 61.2 Å². The lowest BCUT2D eigenvalue weighted by atomic mass is 10.2. The number of piperazine rings is 1. The van der Waals surface area contributed by atoms with Crippen molar-refractivity contribution in [2.45, 2.75) is 6.54 Å². The monoisotopic (exact) mass is 393 g/mol. The van der Waals surface area contributed by atoms with Crippen molar-refractivity contribution in [2.24, 2.45) is 0 Å². The van der Waals surface area contributed by atoms with Crippen LogP contribution in [0, 0.1) is 0 Å². The van der Waals surface area contributed by atoms with Gasteiger partial charge in [0, 0.05) is 49.7 Å². The molecule has 144 valence electrons. The summed E-state index contributed by atoms with van der Waals surface area (Å²) in [7, 11) is 0.